The number of carbonyl (C=O) groups excluding carboxylic acids is 3. The van der Waals surface area contributed by atoms with Crippen LogP contribution in [0.2, 0.25) is 0 Å². The topological polar surface area (TPSA) is 113 Å². The minimum atomic E-state index is -0.709. The van der Waals surface area contributed by atoms with Crippen LogP contribution in [0.25, 0.3) is 0 Å². The Bertz CT molecular complexity index is 378. The van der Waals surface area contributed by atoms with E-state index in [9.17, 15) is 14.4 Å². The molecule has 0 heterocycles. The van der Waals surface area contributed by atoms with Crippen LogP contribution in [0.3, 0.4) is 0 Å². The molecule has 2 atom stereocenters. The molecule has 0 spiro atoms. The molecular weight excluding hydrogens is 284 g/mol. The van der Waals surface area contributed by atoms with Gasteiger partial charge in [0.25, 0.3) is 0 Å². The second-order valence-electron chi connectivity index (χ2n) is 5.24. The Kier molecular flexibility index (Phi) is 11.1. The number of hydrogen-bond donors (Lipinski definition) is 4. The van der Waals surface area contributed by atoms with Gasteiger partial charge in [-0.1, -0.05) is 28.2 Å². The quantitative estimate of drug-likeness (QED) is 0.446. The van der Waals surface area contributed by atoms with Gasteiger partial charge in [-0.2, -0.15) is 0 Å². The molecule has 130 valence electrons. The maximum absolute atomic E-state index is 12.3. The minimum absolute atomic E-state index is 0. The van der Waals surface area contributed by atoms with Crippen molar-refractivity contribution in [3.05, 3.63) is 0 Å². The van der Waals surface area contributed by atoms with Crippen LogP contribution < -0.4 is 21.7 Å². The second-order valence-corrected chi connectivity index (χ2v) is 5.24. The Labute approximate surface area is 135 Å². The van der Waals surface area contributed by atoms with Gasteiger partial charge in [-0.15, -0.1) is 0 Å². The predicted octanol–water partition coefficient (Wildman–Crippen LogP) is 0.779. The van der Waals surface area contributed by atoms with E-state index in [4.69, 9.17) is 7.10 Å². The number of nitrogens with two attached hydrogens (primary N) is 1. The molecule has 0 aromatic rings. The normalized spacial score (nSPS) is 13.5. The molecule has 5 N–H and O–H groups in total. The van der Waals surface area contributed by atoms with E-state index >= 15 is 0 Å². The Morgan fingerprint density at radius 3 is 2.36 bits per heavy atom. The summed E-state index contributed by atoms with van der Waals surface area (Å²) in [4.78, 5) is 34.6. The lowest BCUT2D eigenvalue weighted by molar-refractivity contribution is -0.129. The maximum atomic E-state index is 12.3. The lowest BCUT2D eigenvalue weighted by Gasteiger charge is -2.24. The number of ketones is 1. The van der Waals surface area contributed by atoms with Crippen molar-refractivity contribution in [2.24, 2.45) is 11.7 Å². The highest BCUT2D eigenvalue weighted by atomic mass is 16.2. The molecule has 0 aliphatic rings. The standard InChI is InChI=1S/C14H28N4O3.CH4/c1-5-16-12(9(2)3)13(20)18-11(10(4)19)7-6-8-17-14(15)21;/h9,11-12,16H,5-8H2,1-4H3,(H,18,20)(H3,15,17,21);1H4/t11-,12-;/m0./s1/i4D;. The van der Waals surface area contributed by atoms with Crippen molar-refractivity contribution in [2.45, 2.75) is 60.0 Å². The van der Waals surface area contributed by atoms with Gasteiger partial charge in [-0.3, -0.25) is 9.59 Å². The molecule has 0 bridgehead atoms. The van der Waals surface area contributed by atoms with Gasteiger partial charge in [0.1, 0.15) is 0 Å². The molecule has 0 rings (SSSR count). The molecule has 0 saturated carbocycles. The number of hydrogen-bond acceptors (Lipinski definition) is 4. The highest BCUT2D eigenvalue weighted by Crippen LogP contribution is 2.04. The van der Waals surface area contributed by atoms with Crippen LogP contribution in [-0.2, 0) is 9.59 Å². The largest absolute Gasteiger partial charge is 0.352 e. The monoisotopic (exact) mass is 317 g/mol. The summed E-state index contributed by atoms with van der Waals surface area (Å²) >= 11 is 0. The van der Waals surface area contributed by atoms with Gasteiger partial charge in [0.15, 0.2) is 5.78 Å². The Hall–Kier alpha value is -1.63. The van der Waals surface area contributed by atoms with Gasteiger partial charge in [0, 0.05) is 7.92 Å². The zero-order chi connectivity index (χ0) is 17.1. The van der Waals surface area contributed by atoms with E-state index in [1.54, 1.807) is 0 Å². The van der Waals surface area contributed by atoms with Crippen LogP contribution in [0.5, 0.6) is 0 Å². The molecule has 0 aliphatic heterocycles. The van der Waals surface area contributed by atoms with Crippen LogP contribution in [0.1, 0.15) is 49.3 Å². The van der Waals surface area contributed by atoms with Crippen LogP contribution in [0, 0.1) is 5.92 Å². The molecule has 0 aliphatic carbocycles. The minimum Gasteiger partial charge on any atom is -0.352 e. The first-order chi connectivity index (χ1) is 10.3. The second kappa shape index (κ2) is 12.0. The first-order valence-electron chi connectivity index (χ1n) is 7.93. The van der Waals surface area contributed by atoms with Gasteiger partial charge >= 0.3 is 6.03 Å². The molecule has 0 aromatic carbocycles. The summed E-state index contributed by atoms with van der Waals surface area (Å²) < 4.78 is 7.20. The first-order valence-corrected chi connectivity index (χ1v) is 7.22. The predicted molar refractivity (Wildman–Crippen MR) is 88.5 cm³/mol. The molecule has 7 heteroatoms. The third-order valence-corrected chi connectivity index (χ3v) is 3.05. The number of rotatable bonds is 10. The molecular formula is C15H32N4O3. The highest BCUT2D eigenvalue weighted by Gasteiger charge is 2.25. The van der Waals surface area contributed by atoms with E-state index in [-0.39, 0.29) is 38.0 Å². The fourth-order valence-corrected chi connectivity index (χ4v) is 1.94. The van der Waals surface area contributed by atoms with Crippen molar-refractivity contribution in [2.75, 3.05) is 13.1 Å². The molecule has 7 nitrogen and oxygen atoms in total. The van der Waals surface area contributed by atoms with Crippen molar-refractivity contribution >= 4 is 17.7 Å². The average molecular weight is 317 g/mol. The van der Waals surface area contributed by atoms with Gasteiger partial charge in [-0.05, 0) is 32.2 Å². The van der Waals surface area contributed by atoms with E-state index < -0.39 is 12.1 Å². The van der Waals surface area contributed by atoms with Gasteiger partial charge in [0.05, 0.1) is 12.1 Å². The van der Waals surface area contributed by atoms with E-state index in [1.807, 2.05) is 20.8 Å². The van der Waals surface area contributed by atoms with E-state index in [0.29, 0.717) is 25.9 Å². The fraction of sp³-hybridized carbons (Fsp3) is 0.800. The van der Waals surface area contributed by atoms with E-state index in [0.717, 1.165) is 0 Å². The summed E-state index contributed by atoms with van der Waals surface area (Å²) in [5.74, 6) is -0.499. The van der Waals surface area contributed by atoms with Crippen molar-refractivity contribution in [3.8, 4) is 0 Å². The number of likely N-dealkylation sites (N-methyl/N-ethyl adjacent to an activating group) is 1. The summed E-state index contributed by atoms with van der Waals surface area (Å²) in [6, 6.07) is -1.71. The molecule has 0 fully saturated rings. The fourth-order valence-electron chi connectivity index (χ4n) is 1.94. The van der Waals surface area contributed by atoms with Gasteiger partial charge in [0.2, 0.25) is 5.91 Å². The number of Topliss-reactive ketones (excluding diaryl/α,β-unsaturated/α-hetero) is 1. The van der Waals surface area contributed by atoms with Crippen LogP contribution in [-0.4, -0.2) is 42.9 Å². The van der Waals surface area contributed by atoms with Crippen molar-refractivity contribution < 1.29 is 15.8 Å². The number of primary amides is 1. The summed E-state index contributed by atoms with van der Waals surface area (Å²) in [6.45, 7) is 6.34. The molecule has 0 radical (unpaired) electrons. The summed E-state index contributed by atoms with van der Waals surface area (Å²) in [6.07, 6.45) is 0.855. The van der Waals surface area contributed by atoms with Gasteiger partial charge < -0.3 is 21.7 Å². The SMILES string of the molecule is C.[2H]CC(=O)[C@H](CCCNC(N)=O)NC(=O)[C@@H](NCC)C(C)C. The van der Waals surface area contributed by atoms with Crippen LogP contribution >= 0.6 is 0 Å². The summed E-state index contributed by atoms with van der Waals surface area (Å²) in [5.41, 5.74) is 4.96. The molecule has 3 amide bonds. The van der Waals surface area contributed by atoms with E-state index in [2.05, 4.69) is 16.0 Å². The smallest absolute Gasteiger partial charge is 0.312 e. The zero-order valence-electron chi connectivity index (χ0n) is 14.1. The lowest BCUT2D eigenvalue weighted by atomic mass is 10.0. The van der Waals surface area contributed by atoms with Crippen LogP contribution in [0.4, 0.5) is 4.79 Å². The van der Waals surface area contributed by atoms with E-state index in [1.165, 1.54) is 0 Å². The summed E-state index contributed by atoms with van der Waals surface area (Å²) in [5, 5.41) is 8.22. The van der Waals surface area contributed by atoms with Crippen molar-refractivity contribution in [3.63, 3.8) is 0 Å². The maximum Gasteiger partial charge on any atom is 0.312 e. The van der Waals surface area contributed by atoms with Crippen molar-refractivity contribution in [1.29, 1.82) is 0 Å². The third-order valence-electron chi connectivity index (χ3n) is 3.05. The molecule has 0 unspecified atom stereocenters. The number of carbonyl (C=O) groups is 3. The number of nitrogens with one attached hydrogen (secondary N) is 3. The average Bonchev–Trinajstić information content (AvgIpc) is 2.46. The summed E-state index contributed by atoms with van der Waals surface area (Å²) in [7, 11) is 0. The first kappa shape index (κ1) is 20.4. The highest BCUT2D eigenvalue weighted by molar-refractivity contribution is 5.89. The Balaban J connectivity index is 0. The lowest BCUT2D eigenvalue weighted by Crippen LogP contribution is -2.52. The Morgan fingerprint density at radius 1 is 1.27 bits per heavy atom. The number of amides is 3. The molecule has 0 saturated heterocycles. The third kappa shape index (κ3) is 9.33. The Morgan fingerprint density at radius 2 is 1.91 bits per heavy atom. The molecule has 22 heavy (non-hydrogen) atoms. The van der Waals surface area contributed by atoms with Gasteiger partial charge in [-0.25, -0.2) is 4.79 Å². The molecule has 0 aromatic heterocycles. The zero-order valence-corrected chi connectivity index (χ0v) is 13.1. The van der Waals surface area contributed by atoms with Crippen LogP contribution in [0.15, 0.2) is 0 Å². The van der Waals surface area contributed by atoms with Crippen molar-refractivity contribution in [1.82, 2.24) is 16.0 Å². The number of urea groups is 1.